The van der Waals surface area contributed by atoms with E-state index in [1.165, 1.54) is 0 Å². The molecule has 1 amide bonds. The second-order valence-electron chi connectivity index (χ2n) is 9.39. The largest absolute Gasteiger partial charge is 0.354 e. The zero-order valence-electron chi connectivity index (χ0n) is 21.8. The number of aliphatic imine (C=N–C) groups is 1. The van der Waals surface area contributed by atoms with E-state index >= 15 is 0 Å². The van der Waals surface area contributed by atoms with Gasteiger partial charge >= 0.3 is 0 Å². The number of rotatable bonds is 7. The van der Waals surface area contributed by atoms with Crippen LogP contribution in [0.1, 0.15) is 73.9 Å². The number of hydrogen-bond acceptors (Lipinski definition) is 6. The van der Waals surface area contributed by atoms with Gasteiger partial charge in [-0.1, -0.05) is 12.6 Å². The van der Waals surface area contributed by atoms with Crippen LogP contribution in [0.25, 0.3) is 0 Å². The van der Waals surface area contributed by atoms with Crippen molar-refractivity contribution >= 4 is 23.4 Å². The number of aromatic nitrogens is 2. The molecule has 2 aromatic heterocycles. The Morgan fingerprint density at radius 2 is 2.11 bits per heavy atom. The average molecular weight is 476 g/mol. The first-order valence-electron chi connectivity index (χ1n) is 12.5. The molecule has 0 radical (unpaired) electrons. The molecule has 186 valence electrons. The number of amides is 1. The van der Waals surface area contributed by atoms with Gasteiger partial charge in [-0.25, -0.2) is 9.97 Å². The van der Waals surface area contributed by atoms with Crippen LogP contribution in [-0.4, -0.2) is 59.8 Å². The standard InChI is InChI=1S/C27H37N7O/c1-8-32(17(2)3)26(29-7)22-12-9-13-23(30-22)34-16-21-20(27(34)35)15-24(31-25(21)19(5)28-6)33-14-10-11-18(33)4/h9,12-13,15,18-19,28H,2,8,10-11,14,16H2,1,3-7H3/t18-,19+/m1/s1. The van der Waals surface area contributed by atoms with Crippen LogP contribution in [0.15, 0.2) is 41.5 Å². The number of nitrogens with zero attached hydrogens (tertiary/aromatic N) is 6. The molecule has 1 N–H and O–H groups in total. The van der Waals surface area contributed by atoms with E-state index in [-0.39, 0.29) is 11.9 Å². The Kier molecular flexibility index (Phi) is 7.21. The molecule has 0 unspecified atom stereocenters. The monoisotopic (exact) mass is 475 g/mol. The average Bonchev–Trinajstić information content (AvgIpc) is 3.44. The smallest absolute Gasteiger partial charge is 0.260 e. The van der Waals surface area contributed by atoms with Gasteiger partial charge in [-0.15, -0.1) is 0 Å². The lowest BCUT2D eigenvalue weighted by molar-refractivity contribution is 0.0996. The van der Waals surface area contributed by atoms with Crippen molar-refractivity contribution in [3.8, 4) is 0 Å². The molecule has 4 heterocycles. The fourth-order valence-electron chi connectivity index (χ4n) is 5.08. The summed E-state index contributed by atoms with van der Waals surface area (Å²) < 4.78 is 0. The minimum absolute atomic E-state index is 0.0289. The third kappa shape index (κ3) is 4.55. The highest BCUT2D eigenvalue weighted by Gasteiger charge is 2.35. The van der Waals surface area contributed by atoms with E-state index in [1.54, 1.807) is 11.9 Å². The van der Waals surface area contributed by atoms with Crippen molar-refractivity contribution in [3.05, 3.63) is 59.1 Å². The summed E-state index contributed by atoms with van der Waals surface area (Å²) in [5.74, 6) is 2.21. The predicted octanol–water partition coefficient (Wildman–Crippen LogP) is 4.14. The molecule has 4 rings (SSSR count). The number of hydrogen-bond donors (Lipinski definition) is 1. The SMILES string of the molecule is C=C(C)N(CC)C(=NC)c1cccc(N2Cc3c(cc(N4CCC[C@H]4C)nc3[C@H](C)NC)C2=O)n1. The van der Waals surface area contributed by atoms with Gasteiger partial charge in [-0.05, 0) is 65.8 Å². The highest BCUT2D eigenvalue weighted by atomic mass is 16.2. The summed E-state index contributed by atoms with van der Waals surface area (Å²) in [6, 6.07) is 8.17. The van der Waals surface area contributed by atoms with Crippen molar-refractivity contribution in [2.24, 2.45) is 4.99 Å². The molecular weight excluding hydrogens is 438 g/mol. The number of carbonyl (C=O) groups is 1. The summed E-state index contributed by atoms with van der Waals surface area (Å²) in [4.78, 5) is 34.2. The summed E-state index contributed by atoms with van der Waals surface area (Å²) >= 11 is 0. The molecule has 2 aromatic rings. The Balaban J connectivity index is 1.73. The van der Waals surface area contributed by atoms with Crippen LogP contribution >= 0.6 is 0 Å². The Morgan fingerprint density at radius 1 is 1.34 bits per heavy atom. The van der Waals surface area contributed by atoms with E-state index < -0.39 is 0 Å². The molecule has 2 atom stereocenters. The van der Waals surface area contributed by atoms with Crippen LogP contribution in [0.5, 0.6) is 0 Å². The summed E-state index contributed by atoms with van der Waals surface area (Å²) in [5, 5.41) is 3.31. The molecule has 8 heteroatoms. The van der Waals surface area contributed by atoms with Crippen molar-refractivity contribution in [2.45, 2.75) is 59.2 Å². The molecule has 0 saturated carbocycles. The molecular formula is C27H37N7O. The minimum atomic E-state index is -0.0352. The second kappa shape index (κ2) is 10.2. The first-order valence-corrected chi connectivity index (χ1v) is 12.5. The maximum Gasteiger partial charge on any atom is 0.260 e. The lowest BCUT2D eigenvalue weighted by atomic mass is 10.0. The normalized spacial score (nSPS) is 18.7. The molecule has 2 aliphatic rings. The minimum Gasteiger partial charge on any atom is -0.354 e. The molecule has 0 aliphatic carbocycles. The number of anilines is 2. The predicted molar refractivity (Wildman–Crippen MR) is 142 cm³/mol. The third-order valence-electron chi connectivity index (χ3n) is 7.11. The van der Waals surface area contributed by atoms with Gasteiger partial charge in [0.05, 0.1) is 17.8 Å². The molecule has 8 nitrogen and oxygen atoms in total. The van der Waals surface area contributed by atoms with E-state index in [4.69, 9.17) is 9.97 Å². The summed E-state index contributed by atoms with van der Waals surface area (Å²) in [6.45, 7) is 14.6. The van der Waals surface area contributed by atoms with E-state index in [9.17, 15) is 4.79 Å². The Hall–Kier alpha value is -3.26. The van der Waals surface area contributed by atoms with Gasteiger partial charge in [0.25, 0.3) is 5.91 Å². The molecule has 2 aliphatic heterocycles. The van der Waals surface area contributed by atoms with Crippen LogP contribution < -0.4 is 15.1 Å². The van der Waals surface area contributed by atoms with Crippen LogP contribution in [0.2, 0.25) is 0 Å². The Morgan fingerprint density at radius 3 is 2.71 bits per heavy atom. The lowest BCUT2D eigenvalue weighted by Gasteiger charge is -2.25. The van der Waals surface area contributed by atoms with Gasteiger partial charge in [0, 0.05) is 43.5 Å². The fourth-order valence-corrected chi connectivity index (χ4v) is 5.08. The Bertz CT molecular complexity index is 1160. The first kappa shape index (κ1) is 24.9. The highest BCUT2D eigenvalue weighted by Crippen LogP contribution is 2.35. The van der Waals surface area contributed by atoms with Crippen molar-refractivity contribution < 1.29 is 4.79 Å². The van der Waals surface area contributed by atoms with Crippen LogP contribution in [0.3, 0.4) is 0 Å². The van der Waals surface area contributed by atoms with Crippen LogP contribution in [0.4, 0.5) is 11.6 Å². The maximum absolute atomic E-state index is 13.7. The topological polar surface area (TPSA) is 77.0 Å². The van der Waals surface area contributed by atoms with Crippen molar-refractivity contribution in [3.63, 3.8) is 0 Å². The second-order valence-corrected chi connectivity index (χ2v) is 9.39. The van der Waals surface area contributed by atoms with E-state index in [2.05, 4.69) is 42.6 Å². The van der Waals surface area contributed by atoms with Crippen molar-refractivity contribution in [2.75, 3.05) is 37.0 Å². The van der Waals surface area contributed by atoms with Crippen LogP contribution in [0, 0.1) is 0 Å². The van der Waals surface area contributed by atoms with Gasteiger partial charge in [-0.2, -0.15) is 0 Å². The summed E-state index contributed by atoms with van der Waals surface area (Å²) in [7, 11) is 3.68. The molecule has 1 fully saturated rings. The van der Waals surface area contributed by atoms with E-state index in [0.29, 0.717) is 24.1 Å². The van der Waals surface area contributed by atoms with Gasteiger partial charge in [0.2, 0.25) is 0 Å². The number of amidine groups is 1. The van der Waals surface area contributed by atoms with Crippen molar-refractivity contribution in [1.29, 1.82) is 0 Å². The summed E-state index contributed by atoms with van der Waals surface area (Å²) in [5.41, 5.74) is 4.24. The van der Waals surface area contributed by atoms with Gasteiger partial charge in [-0.3, -0.25) is 14.7 Å². The lowest BCUT2D eigenvalue weighted by Crippen LogP contribution is -2.31. The molecule has 1 saturated heterocycles. The number of pyridine rings is 2. The summed E-state index contributed by atoms with van der Waals surface area (Å²) in [6.07, 6.45) is 2.29. The van der Waals surface area contributed by atoms with Crippen molar-refractivity contribution in [1.82, 2.24) is 20.2 Å². The van der Waals surface area contributed by atoms with Crippen LogP contribution in [-0.2, 0) is 6.54 Å². The highest BCUT2D eigenvalue weighted by molar-refractivity contribution is 6.10. The molecule has 0 bridgehead atoms. The van der Waals surface area contributed by atoms with E-state index in [0.717, 1.165) is 60.1 Å². The first-order chi connectivity index (χ1) is 16.8. The Labute approximate surface area is 208 Å². The molecule has 0 spiro atoms. The number of fused-ring (bicyclic) bond motifs is 1. The zero-order valence-corrected chi connectivity index (χ0v) is 21.8. The zero-order chi connectivity index (χ0) is 25.3. The van der Waals surface area contributed by atoms with Gasteiger partial charge in [0.1, 0.15) is 17.3 Å². The van der Waals surface area contributed by atoms with Gasteiger partial charge < -0.3 is 15.1 Å². The molecule has 0 aromatic carbocycles. The molecule has 35 heavy (non-hydrogen) atoms. The number of nitrogens with one attached hydrogen (secondary N) is 1. The quantitative estimate of drug-likeness (QED) is 0.479. The number of carbonyl (C=O) groups excluding carboxylic acids is 1. The number of allylic oxidation sites excluding steroid dienone is 1. The van der Waals surface area contributed by atoms with Gasteiger partial charge in [0.15, 0.2) is 5.84 Å². The fraction of sp³-hybridized carbons (Fsp3) is 0.481. The maximum atomic E-state index is 13.7. The van der Waals surface area contributed by atoms with E-state index in [1.807, 2.05) is 43.1 Å². The third-order valence-corrected chi connectivity index (χ3v) is 7.11.